The Balaban J connectivity index is 4.00. The van der Waals surface area contributed by atoms with Gasteiger partial charge in [-0.15, -0.1) is 0 Å². The van der Waals surface area contributed by atoms with Crippen LogP contribution in [0, 0.1) is 5.41 Å². The first kappa shape index (κ1) is 16.2. The van der Waals surface area contributed by atoms with E-state index in [2.05, 4.69) is 10.6 Å². The smallest absolute Gasteiger partial charge is 0.315 e. The van der Waals surface area contributed by atoms with Crippen LogP contribution in [0.4, 0.5) is 4.79 Å². The molecule has 0 aromatic carbocycles. The zero-order valence-electron chi connectivity index (χ0n) is 11.2. The molecule has 0 fully saturated rings. The van der Waals surface area contributed by atoms with Crippen molar-refractivity contribution in [1.29, 1.82) is 0 Å². The first-order valence-corrected chi connectivity index (χ1v) is 5.69. The second-order valence-corrected chi connectivity index (χ2v) is 4.63. The third kappa shape index (κ3) is 5.51. The molecule has 0 bridgehead atoms. The highest BCUT2D eigenvalue weighted by atomic mass is 16.4. The maximum absolute atomic E-state index is 11.4. The Hall–Kier alpha value is -1.79. The molecule has 0 aliphatic rings. The normalized spacial score (nSPS) is 10.7. The molecule has 0 atom stereocenters. The van der Waals surface area contributed by atoms with E-state index in [-0.39, 0.29) is 19.0 Å². The first-order valence-electron chi connectivity index (χ1n) is 5.69. The van der Waals surface area contributed by atoms with Gasteiger partial charge in [-0.2, -0.15) is 0 Å². The fourth-order valence-corrected chi connectivity index (χ4v) is 0.907. The number of urea groups is 1. The molecule has 0 unspecified atom stereocenters. The number of carboxylic acid groups (broad SMARTS) is 1. The number of carbonyl (C=O) groups is 3. The molecule has 0 radical (unpaired) electrons. The summed E-state index contributed by atoms with van der Waals surface area (Å²) in [6, 6.07) is -0.554. The maximum atomic E-state index is 11.4. The van der Waals surface area contributed by atoms with Crippen molar-refractivity contribution >= 4 is 17.9 Å². The molecule has 0 heterocycles. The highest BCUT2D eigenvalue weighted by Gasteiger charge is 2.27. The molecule has 0 aliphatic heterocycles. The minimum Gasteiger partial charge on any atom is -0.481 e. The molecule has 0 aromatic rings. The molecular formula is C11H21N3O4. The molecule has 7 heteroatoms. The molecule has 104 valence electrons. The summed E-state index contributed by atoms with van der Waals surface area (Å²) in [5.74, 6) is -1.20. The van der Waals surface area contributed by atoms with E-state index >= 15 is 0 Å². The number of hydrogen-bond acceptors (Lipinski definition) is 3. The number of nitrogens with one attached hydrogen (secondary N) is 2. The van der Waals surface area contributed by atoms with Crippen LogP contribution >= 0.6 is 0 Å². The Morgan fingerprint density at radius 1 is 1.22 bits per heavy atom. The number of carboxylic acids is 1. The number of amides is 3. The van der Waals surface area contributed by atoms with Crippen LogP contribution in [0.1, 0.15) is 20.8 Å². The van der Waals surface area contributed by atoms with Crippen molar-refractivity contribution in [2.24, 2.45) is 5.41 Å². The van der Waals surface area contributed by atoms with Gasteiger partial charge in [0.05, 0.1) is 12.0 Å². The largest absolute Gasteiger partial charge is 0.481 e. The van der Waals surface area contributed by atoms with Gasteiger partial charge in [0.25, 0.3) is 0 Å². The predicted octanol–water partition coefficient (Wildman–Crippen LogP) is -0.125. The predicted molar refractivity (Wildman–Crippen MR) is 66.1 cm³/mol. The third-order valence-corrected chi connectivity index (χ3v) is 2.57. The molecule has 0 spiro atoms. The van der Waals surface area contributed by atoms with E-state index in [0.29, 0.717) is 6.54 Å². The molecule has 0 aromatic heterocycles. The maximum Gasteiger partial charge on any atom is 0.315 e. The average molecular weight is 259 g/mol. The molecular weight excluding hydrogens is 238 g/mol. The van der Waals surface area contributed by atoms with Gasteiger partial charge >= 0.3 is 12.0 Å². The Morgan fingerprint density at radius 2 is 1.78 bits per heavy atom. The summed E-state index contributed by atoms with van der Waals surface area (Å²) in [6.07, 6.45) is 0. The van der Waals surface area contributed by atoms with Crippen LogP contribution in [0.5, 0.6) is 0 Å². The van der Waals surface area contributed by atoms with Crippen LogP contribution in [-0.2, 0) is 9.59 Å². The van der Waals surface area contributed by atoms with Crippen molar-refractivity contribution in [3.05, 3.63) is 0 Å². The number of likely N-dealkylation sites (N-methyl/N-ethyl adjacent to an activating group) is 1. The highest BCUT2D eigenvalue weighted by molar-refractivity contribution is 5.84. The fourth-order valence-electron chi connectivity index (χ4n) is 0.907. The van der Waals surface area contributed by atoms with Crippen LogP contribution in [0.15, 0.2) is 0 Å². The topological polar surface area (TPSA) is 98.7 Å². The van der Waals surface area contributed by atoms with Gasteiger partial charge in [-0.25, -0.2) is 4.79 Å². The molecule has 0 aliphatic carbocycles. The van der Waals surface area contributed by atoms with Crippen molar-refractivity contribution in [1.82, 2.24) is 15.5 Å². The molecule has 3 amide bonds. The summed E-state index contributed by atoms with van der Waals surface area (Å²) in [5.41, 5.74) is -1.04. The molecule has 0 saturated heterocycles. The standard InChI is InChI=1S/C11H21N3O4/c1-5-14(4)8(15)6-12-10(18)13-7-11(2,3)9(16)17/h5-7H2,1-4H3,(H,16,17)(H2,12,13,18). The number of nitrogens with zero attached hydrogens (tertiary/aromatic N) is 1. The van der Waals surface area contributed by atoms with Crippen LogP contribution < -0.4 is 10.6 Å². The van der Waals surface area contributed by atoms with Crippen molar-refractivity contribution in [2.45, 2.75) is 20.8 Å². The van der Waals surface area contributed by atoms with Gasteiger partial charge in [0.1, 0.15) is 0 Å². The minimum atomic E-state index is -1.04. The van der Waals surface area contributed by atoms with Gasteiger partial charge < -0.3 is 20.6 Å². The van der Waals surface area contributed by atoms with Gasteiger partial charge in [-0.1, -0.05) is 0 Å². The van der Waals surface area contributed by atoms with E-state index in [1.165, 1.54) is 18.7 Å². The van der Waals surface area contributed by atoms with Crippen molar-refractivity contribution in [3.63, 3.8) is 0 Å². The second kappa shape index (κ2) is 6.83. The van der Waals surface area contributed by atoms with E-state index < -0.39 is 17.4 Å². The van der Waals surface area contributed by atoms with Crippen LogP contribution in [0.3, 0.4) is 0 Å². The van der Waals surface area contributed by atoms with Crippen LogP contribution in [0.2, 0.25) is 0 Å². The van der Waals surface area contributed by atoms with Gasteiger partial charge in [-0.05, 0) is 20.8 Å². The van der Waals surface area contributed by atoms with E-state index in [0.717, 1.165) is 0 Å². The number of carbonyl (C=O) groups excluding carboxylic acids is 2. The van der Waals surface area contributed by atoms with E-state index in [9.17, 15) is 14.4 Å². The summed E-state index contributed by atoms with van der Waals surface area (Å²) in [7, 11) is 1.63. The zero-order chi connectivity index (χ0) is 14.3. The van der Waals surface area contributed by atoms with Crippen LogP contribution in [0.25, 0.3) is 0 Å². The Bertz CT molecular complexity index is 328. The number of aliphatic carboxylic acids is 1. The van der Waals surface area contributed by atoms with Crippen molar-refractivity contribution < 1.29 is 19.5 Å². The lowest BCUT2D eigenvalue weighted by Crippen LogP contribution is -2.46. The Morgan fingerprint density at radius 3 is 2.22 bits per heavy atom. The molecule has 7 nitrogen and oxygen atoms in total. The molecule has 0 rings (SSSR count). The fraction of sp³-hybridized carbons (Fsp3) is 0.727. The van der Waals surface area contributed by atoms with Crippen LogP contribution in [-0.4, -0.2) is 54.6 Å². The minimum absolute atomic E-state index is 0.00796. The highest BCUT2D eigenvalue weighted by Crippen LogP contribution is 2.12. The molecule has 3 N–H and O–H groups in total. The quantitative estimate of drug-likeness (QED) is 0.619. The Labute approximate surface area is 107 Å². The third-order valence-electron chi connectivity index (χ3n) is 2.57. The van der Waals surface area contributed by atoms with E-state index in [1.807, 2.05) is 6.92 Å². The first-order chi connectivity index (χ1) is 8.20. The second-order valence-electron chi connectivity index (χ2n) is 4.63. The summed E-state index contributed by atoms with van der Waals surface area (Å²) in [6.45, 7) is 5.29. The van der Waals surface area contributed by atoms with Gasteiger partial charge in [0.15, 0.2) is 0 Å². The lowest BCUT2D eigenvalue weighted by molar-refractivity contribution is -0.146. The zero-order valence-corrected chi connectivity index (χ0v) is 11.2. The van der Waals surface area contributed by atoms with E-state index in [1.54, 1.807) is 7.05 Å². The van der Waals surface area contributed by atoms with Gasteiger partial charge in [0, 0.05) is 20.1 Å². The lowest BCUT2D eigenvalue weighted by Gasteiger charge is -2.20. The van der Waals surface area contributed by atoms with Crippen molar-refractivity contribution in [2.75, 3.05) is 26.7 Å². The summed E-state index contributed by atoms with van der Waals surface area (Å²) in [4.78, 5) is 35.0. The van der Waals surface area contributed by atoms with Gasteiger partial charge in [-0.3, -0.25) is 9.59 Å². The van der Waals surface area contributed by atoms with E-state index in [4.69, 9.17) is 5.11 Å². The van der Waals surface area contributed by atoms with Crippen molar-refractivity contribution in [3.8, 4) is 0 Å². The average Bonchev–Trinajstić information content (AvgIpc) is 2.32. The summed E-state index contributed by atoms with van der Waals surface area (Å²) in [5, 5.41) is 13.6. The number of rotatable bonds is 6. The monoisotopic (exact) mass is 259 g/mol. The summed E-state index contributed by atoms with van der Waals surface area (Å²) < 4.78 is 0. The summed E-state index contributed by atoms with van der Waals surface area (Å²) >= 11 is 0. The molecule has 18 heavy (non-hydrogen) atoms. The lowest BCUT2D eigenvalue weighted by atomic mass is 9.94. The number of hydrogen-bond donors (Lipinski definition) is 3. The van der Waals surface area contributed by atoms with Gasteiger partial charge in [0.2, 0.25) is 5.91 Å². The Kier molecular flexibility index (Phi) is 6.15. The SMILES string of the molecule is CCN(C)C(=O)CNC(=O)NCC(C)(C)C(=O)O. The molecule has 0 saturated carbocycles.